The van der Waals surface area contributed by atoms with Gasteiger partial charge in [-0.25, -0.2) is 0 Å². The molecule has 2 rings (SSSR count). The van der Waals surface area contributed by atoms with Crippen LogP contribution in [-0.4, -0.2) is 23.5 Å². The van der Waals surface area contributed by atoms with Gasteiger partial charge in [0.1, 0.15) is 0 Å². The maximum Gasteiger partial charge on any atom is 0.311 e. The first-order chi connectivity index (χ1) is 9.02. The minimum absolute atomic E-state index is 0.183. The van der Waals surface area contributed by atoms with Gasteiger partial charge in [-0.3, -0.25) is 9.59 Å². The lowest BCUT2D eigenvalue weighted by atomic mass is 10.1. The number of nitrogens with one attached hydrogen (secondary N) is 1. The van der Waals surface area contributed by atoms with E-state index in [0.29, 0.717) is 18.5 Å². The number of benzene rings is 1. The van der Waals surface area contributed by atoms with Crippen molar-refractivity contribution in [2.45, 2.75) is 12.8 Å². The molecule has 1 aliphatic carbocycles. The highest BCUT2D eigenvalue weighted by atomic mass is 16.4. The molecule has 1 fully saturated rings. The number of hydrogen-bond acceptors (Lipinski definition) is 3. The Balaban J connectivity index is 1.86. The van der Waals surface area contributed by atoms with Gasteiger partial charge in [-0.1, -0.05) is 12.1 Å². The second-order valence-electron chi connectivity index (χ2n) is 4.81. The minimum Gasteiger partial charge on any atom is -0.481 e. The molecule has 0 unspecified atom stereocenters. The summed E-state index contributed by atoms with van der Waals surface area (Å²) in [5.74, 6) is -1.14. The highest BCUT2D eigenvalue weighted by Gasteiger charge is 2.50. The van der Waals surface area contributed by atoms with Gasteiger partial charge in [0.25, 0.3) is 0 Å². The molecule has 1 aliphatic rings. The molecule has 0 aliphatic heterocycles. The van der Waals surface area contributed by atoms with Crippen LogP contribution in [0.2, 0.25) is 0 Å². The van der Waals surface area contributed by atoms with Crippen molar-refractivity contribution in [1.82, 2.24) is 5.32 Å². The standard InChI is InChI=1S/C14H16N2O3/c15-11-3-1-2-10(8-11)4-5-12(17)16-9-14(6-7-14)13(18)19/h1-5,8H,6-7,9,15H2,(H,16,17)(H,18,19)/b5-4+. The SMILES string of the molecule is Nc1cccc(/C=C/C(=O)NCC2(C(=O)O)CC2)c1. The summed E-state index contributed by atoms with van der Waals surface area (Å²) in [5, 5.41) is 11.6. The lowest BCUT2D eigenvalue weighted by Crippen LogP contribution is -2.33. The third-order valence-corrected chi connectivity index (χ3v) is 3.25. The van der Waals surface area contributed by atoms with Crippen LogP contribution in [0.3, 0.4) is 0 Å². The van der Waals surface area contributed by atoms with E-state index in [4.69, 9.17) is 10.8 Å². The summed E-state index contributed by atoms with van der Waals surface area (Å²) in [4.78, 5) is 22.5. The first kappa shape index (κ1) is 13.1. The normalized spacial score (nSPS) is 16.2. The molecule has 0 aromatic heterocycles. The number of nitrogen functional groups attached to an aromatic ring is 1. The van der Waals surface area contributed by atoms with Crippen LogP contribution >= 0.6 is 0 Å². The van der Waals surface area contributed by atoms with Crippen LogP contribution in [0.5, 0.6) is 0 Å². The van der Waals surface area contributed by atoms with Crippen molar-refractivity contribution in [1.29, 1.82) is 0 Å². The average molecular weight is 260 g/mol. The number of aliphatic carboxylic acids is 1. The van der Waals surface area contributed by atoms with E-state index in [1.54, 1.807) is 24.3 Å². The second-order valence-corrected chi connectivity index (χ2v) is 4.81. The fourth-order valence-corrected chi connectivity index (χ4v) is 1.77. The molecular formula is C14H16N2O3. The molecule has 0 heterocycles. The molecular weight excluding hydrogens is 244 g/mol. The number of carboxylic acids is 1. The van der Waals surface area contributed by atoms with Crippen LogP contribution in [0.25, 0.3) is 6.08 Å². The zero-order chi connectivity index (χ0) is 13.9. The number of carbonyl (C=O) groups excluding carboxylic acids is 1. The molecule has 1 aromatic carbocycles. The molecule has 1 aromatic rings. The molecule has 1 saturated carbocycles. The first-order valence-electron chi connectivity index (χ1n) is 6.07. The molecule has 5 nitrogen and oxygen atoms in total. The maximum absolute atomic E-state index is 11.6. The van der Waals surface area contributed by atoms with Crippen molar-refractivity contribution in [3.8, 4) is 0 Å². The molecule has 0 saturated heterocycles. The van der Waals surface area contributed by atoms with Crippen LogP contribution in [0.1, 0.15) is 18.4 Å². The van der Waals surface area contributed by atoms with E-state index in [9.17, 15) is 9.59 Å². The van der Waals surface area contributed by atoms with Gasteiger partial charge in [-0.2, -0.15) is 0 Å². The monoisotopic (exact) mass is 260 g/mol. The van der Waals surface area contributed by atoms with Gasteiger partial charge >= 0.3 is 5.97 Å². The van der Waals surface area contributed by atoms with Crippen molar-refractivity contribution in [3.63, 3.8) is 0 Å². The average Bonchev–Trinajstić information content (AvgIpc) is 3.15. The Morgan fingerprint density at radius 3 is 2.74 bits per heavy atom. The van der Waals surface area contributed by atoms with Gasteiger partial charge in [0.2, 0.25) is 5.91 Å². The number of amides is 1. The summed E-state index contributed by atoms with van der Waals surface area (Å²) < 4.78 is 0. The number of carboxylic acid groups (broad SMARTS) is 1. The smallest absolute Gasteiger partial charge is 0.311 e. The number of hydrogen-bond donors (Lipinski definition) is 3. The van der Waals surface area contributed by atoms with Crippen LogP contribution in [0.4, 0.5) is 5.69 Å². The molecule has 0 radical (unpaired) electrons. The van der Waals surface area contributed by atoms with Crippen LogP contribution in [-0.2, 0) is 9.59 Å². The summed E-state index contributed by atoms with van der Waals surface area (Å²) in [6.45, 7) is 0.183. The van der Waals surface area contributed by atoms with Crippen LogP contribution in [0, 0.1) is 5.41 Å². The van der Waals surface area contributed by atoms with E-state index in [0.717, 1.165) is 5.56 Å². The molecule has 1 amide bonds. The zero-order valence-electron chi connectivity index (χ0n) is 10.4. The topological polar surface area (TPSA) is 92.4 Å². The quantitative estimate of drug-likeness (QED) is 0.549. The van der Waals surface area contributed by atoms with E-state index in [1.807, 2.05) is 6.07 Å². The van der Waals surface area contributed by atoms with Gasteiger partial charge in [0.15, 0.2) is 0 Å². The number of nitrogens with two attached hydrogens (primary N) is 1. The molecule has 0 atom stereocenters. The Morgan fingerprint density at radius 2 is 2.16 bits per heavy atom. The molecule has 100 valence electrons. The van der Waals surface area contributed by atoms with Crippen LogP contribution < -0.4 is 11.1 Å². The molecule has 0 spiro atoms. The van der Waals surface area contributed by atoms with Crippen LogP contribution in [0.15, 0.2) is 30.3 Å². The Kier molecular flexibility index (Phi) is 3.55. The van der Waals surface area contributed by atoms with Gasteiger partial charge in [-0.05, 0) is 36.6 Å². The van der Waals surface area contributed by atoms with Crippen molar-refractivity contribution in [2.75, 3.05) is 12.3 Å². The predicted molar refractivity (Wildman–Crippen MR) is 72.2 cm³/mol. The molecule has 4 N–H and O–H groups in total. The highest BCUT2D eigenvalue weighted by Crippen LogP contribution is 2.45. The Labute approximate surface area is 111 Å². The van der Waals surface area contributed by atoms with Crippen molar-refractivity contribution in [2.24, 2.45) is 5.41 Å². The number of carbonyl (C=O) groups is 2. The first-order valence-corrected chi connectivity index (χ1v) is 6.07. The molecule has 19 heavy (non-hydrogen) atoms. The van der Waals surface area contributed by atoms with E-state index in [1.165, 1.54) is 6.08 Å². The number of anilines is 1. The largest absolute Gasteiger partial charge is 0.481 e. The predicted octanol–water partition coefficient (Wildman–Crippen LogP) is 1.26. The maximum atomic E-state index is 11.6. The number of rotatable bonds is 5. The van der Waals surface area contributed by atoms with Crippen molar-refractivity contribution < 1.29 is 14.7 Å². The fraction of sp³-hybridized carbons (Fsp3) is 0.286. The molecule has 0 bridgehead atoms. The Bertz CT molecular complexity index is 533. The van der Waals surface area contributed by atoms with Gasteiger partial charge < -0.3 is 16.2 Å². The van der Waals surface area contributed by atoms with Gasteiger partial charge in [-0.15, -0.1) is 0 Å². The summed E-state index contributed by atoms with van der Waals surface area (Å²) >= 11 is 0. The Hall–Kier alpha value is -2.30. The lowest BCUT2D eigenvalue weighted by Gasteiger charge is -2.09. The van der Waals surface area contributed by atoms with E-state index in [2.05, 4.69) is 5.32 Å². The van der Waals surface area contributed by atoms with Gasteiger partial charge in [0, 0.05) is 18.3 Å². The Morgan fingerprint density at radius 1 is 1.42 bits per heavy atom. The second kappa shape index (κ2) is 5.14. The fourth-order valence-electron chi connectivity index (χ4n) is 1.77. The zero-order valence-corrected chi connectivity index (χ0v) is 10.4. The third kappa shape index (κ3) is 3.34. The minimum atomic E-state index is -0.840. The summed E-state index contributed by atoms with van der Waals surface area (Å²) in [5.41, 5.74) is 6.35. The van der Waals surface area contributed by atoms with Crippen molar-refractivity contribution in [3.05, 3.63) is 35.9 Å². The van der Waals surface area contributed by atoms with Crippen molar-refractivity contribution >= 4 is 23.6 Å². The van der Waals surface area contributed by atoms with E-state index in [-0.39, 0.29) is 12.5 Å². The van der Waals surface area contributed by atoms with Gasteiger partial charge in [0.05, 0.1) is 5.41 Å². The summed E-state index contributed by atoms with van der Waals surface area (Å²) in [7, 11) is 0. The van der Waals surface area contributed by atoms with E-state index < -0.39 is 11.4 Å². The summed E-state index contributed by atoms with van der Waals surface area (Å²) in [6.07, 6.45) is 4.28. The molecule has 5 heteroatoms. The summed E-state index contributed by atoms with van der Waals surface area (Å²) in [6, 6.07) is 7.15. The lowest BCUT2D eigenvalue weighted by molar-refractivity contribution is -0.143. The third-order valence-electron chi connectivity index (χ3n) is 3.25. The van der Waals surface area contributed by atoms with E-state index >= 15 is 0 Å². The highest BCUT2D eigenvalue weighted by molar-refractivity contribution is 5.92.